The maximum Gasteiger partial charge on any atom is 0.238 e. The van der Waals surface area contributed by atoms with Gasteiger partial charge in [-0.05, 0) is 50.8 Å². The van der Waals surface area contributed by atoms with Gasteiger partial charge >= 0.3 is 0 Å². The van der Waals surface area contributed by atoms with Gasteiger partial charge in [-0.15, -0.1) is 0 Å². The number of nitrogens with one attached hydrogen (secondary N) is 2. The standard InChI is InChI=1S/C19H26N4O2/c1-3-15-8-4-5-9-16(15)21-17(24)12-23(2)13-18(25)22-19(14-20)10-6-7-11-19/h4-5,8-9H,3,6-7,10-13H2,1-2H3,(H,21,24)(H,22,25). The van der Waals surface area contributed by atoms with Crippen LogP contribution in [-0.2, 0) is 16.0 Å². The summed E-state index contributed by atoms with van der Waals surface area (Å²) in [5, 5.41) is 15.0. The van der Waals surface area contributed by atoms with Crippen LogP contribution in [-0.4, -0.2) is 42.4 Å². The van der Waals surface area contributed by atoms with Crippen LogP contribution in [0.4, 0.5) is 5.69 Å². The van der Waals surface area contributed by atoms with Crippen molar-refractivity contribution in [1.29, 1.82) is 5.26 Å². The van der Waals surface area contributed by atoms with E-state index in [1.807, 2.05) is 31.2 Å². The number of aryl methyl sites for hydroxylation is 1. The van der Waals surface area contributed by atoms with Crippen LogP contribution in [0.3, 0.4) is 0 Å². The molecule has 0 radical (unpaired) electrons. The predicted octanol–water partition coefficient (Wildman–Crippen LogP) is 2.07. The Morgan fingerprint density at radius 2 is 1.84 bits per heavy atom. The highest BCUT2D eigenvalue weighted by molar-refractivity contribution is 5.93. The van der Waals surface area contributed by atoms with E-state index in [1.165, 1.54) is 0 Å². The second-order valence-electron chi connectivity index (χ2n) is 6.68. The number of nitriles is 1. The number of amides is 2. The monoisotopic (exact) mass is 342 g/mol. The summed E-state index contributed by atoms with van der Waals surface area (Å²) in [5.74, 6) is -0.375. The van der Waals surface area contributed by atoms with Crippen LogP contribution in [0.2, 0.25) is 0 Å². The van der Waals surface area contributed by atoms with Crippen molar-refractivity contribution in [3.05, 3.63) is 29.8 Å². The lowest BCUT2D eigenvalue weighted by Gasteiger charge is -2.24. The first kappa shape index (κ1) is 18.9. The molecule has 6 nitrogen and oxygen atoms in total. The highest BCUT2D eigenvalue weighted by Crippen LogP contribution is 2.28. The number of benzene rings is 1. The fourth-order valence-corrected chi connectivity index (χ4v) is 3.24. The average Bonchev–Trinajstić information content (AvgIpc) is 3.03. The fraction of sp³-hybridized carbons (Fsp3) is 0.526. The summed E-state index contributed by atoms with van der Waals surface area (Å²) in [6.07, 6.45) is 4.16. The molecule has 0 aliphatic heterocycles. The molecule has 1 aromatic rings. The third-order valence-corrected chi connectivity index (χ3v) is 4.55. The molecule has 1 aliphatic rings. The van der Waals surface area contributed by atoms with E-state index < -0.39 is 5.54 Å². The number of rotatable bonds is 7. The fourth-order valence-electron chi connectivity index (χ4n) is 3.24. The van der Waals surface area contributed by atoms with Crippen molar-refractivity contribution in [3.63, 3.8) is 0 Å². The third kappa shape index (κ3) is 5.30. The lowest BCUT2D eigenvalue weighted by Crippen LogP contribution is -2.49. The van der Waals surface area contributed by atoms with Crippen molar-refractivity contribution in [2.75, 3.05) is 25.5 Å². The van der Waals surface area contributed by atoms with Crippen molar-refractivity contribution in [1.82, 2.24) is 10.2 Å². The van der Waals surface area contributed by atoms with Crippen LogP contribution in [0.25, 0.3) is 0 Å². The Morgan fingerprint density at radius 3 is 2.48 bits per heavy atom. The summed E-state index contributed by atoms with van der Waals surface area (Å²) in [6.45, 7) is 2.24. The van der Waals surface area contributed by atoms with Crippen molar-refractivity contribution < 1.29 is 9.59 Å². The molecule has 1 aliphatic carbocycles. The molecular weight excluding hydrogens is 316 g/mol. The normalized spacial score (nSPS) is 15.6. The van der Waals surface area contributed by atoms with Gasteiger partial charge in [-0.2, -0.15) is 5.26 Å². The number of hydrogen-bond acceptors (Lipinski definition) is 4. The quantitative estimate of drug-likeness (QED) is 0.794. The SMILES string of the molecule is CCc1ccccc1NC(=O)CN(C)CC(=O)NC1(C#N)CCCC1. The van der Waals surface area contributed by atoms with Crippen molar-refractivity contribution >= 4 is 17.5 Å². The van der Waals surface area contributed by atoms with Gasteiger partial charge in [0, 0.05) is 5.69 Å². The van der Waals surface area contributed by atoms with Crippen molar-refractivity contribution in [2.45, 2.75) is 44.6 Å². The molecular formula is C19H26N4O2. The molecule has 2 amide bonds. The molecule has 0 heterocycles. The summed E-state index contributed by atoms with van der Waals surface area (Å²) in [7, 11) is 1.72. The van der Waals surface area contributed by atoms with E-state index in [-0.39, 0.29) is 24.9 Å². The van der Waals surface area contributed by atoms with E-state index in [0.717, 1.165) is 30.5 Å². The van der Waals surface area contributed by atoms with Gasteiger partial charge in [-0.1, -0.05) is 25.1 Å². The summed E-state index contributed by atoms with van der Waals surface area (Å²) in [4.78, 5) is 26.0. The van der Waals surface area contributed by atoms with Crippen LogP contribution in [0.1, 0.15) is 38.2 Å². The summed E-state index contributed by atoms with van der Waals surface area (Å²) in [5.41, 5.74) is 1.16. The Labute approximate surface area is 149 Å². The first-order chi connectivity index (χ1) is 12.0. The van der Waals surface area contributed by atoms with Crippen LogP contribution < -0.4 is 10.6 Å². The van der Waals surface area contributed by atoms with Crippen molar-refractivity contribution in [3.8, 4) is 6.07 Å². The maximum absolute atomic E-state index is 12.2. The predicted molar refractivity (Wildman–Crippen MR) is 96.9 cm³/mol. The highest BCUT2D eigenvalue weighted by Gasteiger charge is 2.35. The zero-order valence-electron chi connectivity index (χ0n) is 15.0. The minimum Gasteiger partial charge on any atom is -0.337 e. The molecule has 0 atom stereocenters. The van der Waals surface area contributed by atoms with Gasteiger partial charge in [0.15, 0.2) is 0 Å². The Hall–Kier alpha value is -2.39. The van der Waals surface area contributed by atoms with Crippen LogP contribution in [0, 0.1) is 11.3 Å². The zero-order valence-corrected chi connectivity index (χ0v) is 15.0. The molecule has 134 valence electrons. The molecule has 0 unspecified atom stereocenters. The zero-order chi connectivity index (χ0) is 18.3. The van der Waals surface area contributed by atoms with Gasteiger partial charge in [0.2, 0.25) is 11.8 Å². The van der Waals surface area contributed by atoms with E-state index in [4.69, 9.17) is 0 Å². The Kier molecular flexibility index (Phi) is 6.54. The Bertz CT molecular complexity index is 660. The van der Waals surface area contributed by atoms with Gasteiger partial charge in [0.25, 0.3) is 0 Å². The summed E-state index contributed by atoms with van der Waals surface area (Å²) >= 11 is 0. The van der Waals surface area contributed by atoms with E-state index in [2.05, 4.69) is 16.7 Å². The maximum atomic E-state index is 12.2. The van der Waals surface area contributed by atoms with Gasteiger partial charge in [-0.25, -0.2) is 0 Å². The van der Waals surface area contributed by atoms with Gasteiger partial charge in [-0.3, -0.25) is 14.5 Å². The minimum atomic E-state index is -0.722. The number of anilines is 1. The first-order valence-corrected chi connectivity index (χ1v) is 8.76. The molecule has 2 N–H and O–H groups in total. The molecule has 0 spiro atoms. The first-order valence-electron chi connectivity index (χ1n) is 8.76. The number of carbonyl (C=O) groups excluding carboxylic acids is 2. The van der Waals surface area contributed by atoms with Crippen molar-refractivity contribution in [2.24, 2.45) is 0 Å². The topological polar surface area (TPSA) is 85.2 Å². The molecule has 2 rings (SSSR count). The largest absolute Gasteiger partial charge is 0.337 e. The number of hydrogen-bond donors (Lipinski definition) is 2. The molecule has 1 fully saturated rings. The van der Waals surface area contributed by atoms with Gasteiger partial charge < -0.3 is 10.6 Å². The average molecular weight is 342 g/mol. The molecule has 1 aromatic carbocycles. The minimum absolute atomic E-state index is 0.0896. The van der Waals surface area contributed by atoms with E-state index in [1.54, 1.807) is 11.9 Å². The van der Waals surface area contributed by atoms with Gasteiger partial charge in [0.05, 0.1) is 19.2 Å². The second kappa shape index (κ2) is 8.63. The Morgan fingerprint density at radius 1 is 1.20 bits per heavy atom. The molecule has 1 saturated carbocycles. The lowest BCUT2D eigenvalue weighted by molar-refractivity contribution is -0.124. The number of likely N-dealkylation sites (N-methyl/N-ethyl adjacent to an activating group) is 1. The van der Waals surface area contributed by atoms with Crippen LogP contribution in [0.5, 0.6) is 0 Å². The second-order valence-corrected chi connectivity index (χ2v) is 6.68. The molecule has 6 heteroatoms. The molecule has 0 aromatic heterocycles. The van der Waals surface area contributed by atoms with E-state index in [0.29, 0.717) is 12.8 Å². The Balaban J connectivity index is 1.83. The third-order valence-electron chi connectivity index (χ3n) is 4.55. The summed E-state index contributed by atoms with van der Waals surface area (Å²) < 4.78 is 0. The van der Waals surface area contributed by atoms with Crippen LogP contribution in [0.15, 0.2) is 24.3 Å². The van der Waals surface area contributed by atoms with E-state index >= 15 is 0 Å². The summed E-state index contributed by atoms with van der Waals surface area (Å²) in [6, 6.07) is 9.92. The molecule has 0 bridgehead atoms. The number of carbonyl (C=O) groups is 2. The number of para-hydroxylation sites is 1. The lowest BCUT2D eigenvalue weighted by atomic mass is 10.00. The number of nitrogens with zero attached hydrogens (tertiary/aromatic N) is 2. The van der Waals surface area contributed by atoms with Gasteiger partial charge in [0.1, 0.15) is 5.54 Å². The van der Waals surface area contributed by atoms with E-state index in [9.17, 15) is 14.9 Å². The molecule has 0 saturated heterocycles. The van der Waals surface area contributed by atoms with Crippen LogP contribution >= 0.6 is 0 Å². The smallest absolute Gasteiger partial charge is 0.238 e. The molecule has 25 heavy (non-hydrogen) atoms. The highest BCUT2D eigenvalue weighted by atomic mass is 16.2.